The van der Waals surface area contributed by atoms with Crippen molar-refractivity contribution < 1.29 is 9.59 Å². The van der Waals surface area contributed by atoms with Crippen LogP contribution in [-0.2, 0) is 4.79 Å². The molecule has 1 amide bonds. The van der Waals surface area contributed by atoms with Gasteiger partial charge in [0.05, 0.1) is 6.54 Å². The molecule has 1 fully saturated rings. The fourth-order valence-electron chi connectivity index (χ4n) is 1.78. The molecule has 2 rings (SSSR count). The molecule has 1 aromatic rings. The van der Waals surface area contributed by atoms with Crippen molar-refractivity contribution >= 4 is 17.5 Å². The van der Waals surface area contributed by atoms with Crippen LogP contribution in [0, 0.1) is 0 Å². The second-order valence-corrected chi connectivity index (χ2v) is 3.92. The number of rotatable bonds is 2. The second-order valence-electron chi connectivity index (χ2n) is 3.92. The van der Waals surface area contributed by atoms with Gasteiger partial charge in [-0.1, -0.05) is 0 Å². The van der Waals surface area contributed by atoms with Crippen LogP contribution in [0.2, 0.25) is 0 Å². The molecule has 90 valence electrons. The van der Waals surface area contributed by atoms with Gasteiger partial charge in [0, 0.05) is 20.0 Å². The lowest BCUT2D eigenvalue weighted by atomic mass is 10.1. The van der Waals surface area contributed by atoms with E-state index in [1.165, 1.54) is 0 Å². The Hall–Kier alpha value is -1.98. The number of aromatic nitrogens is 2. The lowest BCUT2D eigenvalue weighted by Crippen LogP contribution is -2.36. The van der Waals surface area contributed by atoms with E-state index in [9.17, 15) is 9.59 Å². The third-order valence-corrected chi connectivity index (χ3v) is 2.69. The SMILES string of the molecule is CNC(=O)c1ccc(N2CCCC(=O)C2)nn1. The van der Waals surface area contributed by atoms with Gasteiger partial charge in [-0.3, -0.25) is 9.59 Å². The van der Waals surface area contributed by atoms with Crippen molar-refractivity contribution in [3.05, 3.63) is 17.8 Å². The molecular formula is C11H14N4O2. The zero-order valence-electron chi connectivity index (χ0n) is 9.64. The number of nitrogens with zero attached hydrogens (tertiary/aromatic N) is 3. The molecule has 0 saturated carbocycles. The van der Waals surface area contributed by atoms with E-state index < -0.39 is 0 Å². The lowest BCUT2D eigenvalue weighted by Gasteiger charge is -2.26. The Morgan fingerprint density at radius 1 is 1.41 bits per heavy atom. The van der Waals surface area contributed by atoms with E-state index in [0.29, 0.717) is 18.8 Å². The Morgan fingerprint density at radius 3 is 2.82 bits per heavy atom. The summed E-state index contributed by atoms with van der Waals surface area (Å²) in [5, 5.41) is 10.3. The highest BCUT2D eigenvalue weighted by molar-refractivity contribution is 5.92. The number of carbonyl (C=O) groups excluding carboxylic acids is 2. The van der Waals surface area contributed by atoms with Gasteiger partial charge >= 0.3 is 0 Å². The lowest BCUT2D eigenvalue weighted by molar-refractivity contribution is -0.118. The third kappa shape index (κ3) is 2.58. The molecule has 0 aliphatic carbocycles. The van der Waals surface area contributed by atoms with Crippen LogP contribution in [0.25, 0.3) is 0 Å². The second kappa shape index (κ2) is 4.90. The van der Waals surface area contributed by atoms with Crippen LogP contribution in [0.1, 0.15) is 23.3 Å². The van der Waals surface area contributed by atoms with Crippen molar-refractivity contribution in [1.82, 2.24) is 15.5 Å². The number of piperidine rings is 1. The summed E-state index contributed by atoms with van der Waals surface area (Å²) < 4.78 is 0. The summed E-state index contributed by atoms with van der Waals surface area (Å²) >= 11 is 0. The van der Waals surface area contributed by atoms with Crippen LogP contribution >= 0.6 is 0 Å². The maximum absolute atomic E-state index is 11.3. The number of carbonyl (C=O) groups is 2. The topological polar surface area (TPSA) is 75.2 Å². The molecular weight excluding hydrogens is 220 g/mol. The maximum atomic E-state index is 11.3. The largest absolute Gasteiger partial charge is 0.354 e. The average Bonchev–Trinajstić information content (AvgIpc) is 2.38. The van der Waals surface area contributed by atoms with Crippen molar-refractivity contribution in [3.8, 4) is 0 Å². The Kier molecular flexibility index (Phi) is 3.32. The minimum absolute atomic E-state index is 0.216. The van der Waals surface area contributed by atoms with E-state index in [4.69, 9.17) is 0 Å². The standard InChI is InChI=1S/C11H14N4O2/c1-12-11(17)9-4-5-10(14-13-9)15-6-2-3-8(16)7-15/h4-5H,2-3,6-7H2,1H3,(H,12,17). The van der Waals surface area contributed by atoms with Crippen molar-refractivity contribution in [2.75, 3.05) is 25.0 Å². The van der Waals surface area contributed by atoms with Gasteiger partial charge in [-0.15, -0.1) is 10.2 Å². The highest BCUT2D eigenvalue weighted by Crippen LogP contribution is 2.14. The quantitative estimate of drug-likeness (QED) is 0.780. The molecule has 0 spiro atoms. The summed E-state index contributed by atoms with van der Waals surface area (Å²) in [4.78, 5) is 24.5. The van der Waals surface area contributed by atoms with Gasteiger partial charge < -0.3 is 10.2 Å². The van der Waals surface area contributed by atoms with E-state index in [2.05, 4.69) is 15.5 Å². The molecule has 6 heteroatoms. The first kappa shape index (κ1) is 11.5. The predicted octanol–water partition coefficient (Wildman–Crippen LogP) is 0.00550. The molecule has 0 atom stereocenters. The molecule has 1 aromatic heterocycles. The Morgan fingerprint density at radius 2 is 2.24 bits per heavy atom. The first-order valence-corrected chi connectivity index (χ1v) is 5.53. The van der Waals surface area contributed by atoms with E-state index in [1.54, 1.807) is 19.2 Å². The normalized spacial score (nSPS) is 15.8. The predicted molar refractivity (Wildman–Crippen MR) is 61.9 cm³/mol. The van der Waals surface area contributed by atoms with Gasteiger partial charge in [-0.2, -0.15) is 0 Å². The van der Waals surface area contributed by atoms with Crippen LogP contribution < -0.4 is 10.2 Å². The molecule has 1 aliphatic heterocycles. The van der Waals surface area contributed by atoms with Gasteiger partial charge in [-0.25, -0.2) is 0 Å². The number of ketones is 1. The molecule has 1 saturated heterocycles. The number of amides is 1. The monoisotopic (exact) mass is 234 g/mol. The zero-order valence-corrected chi connectivity index (χ0v) is 9.64. The molecule has 2 heterocycles. The minimum atomic E-state index is -0.265. The fraction of sp³-hybridized carbons (Fsp3) is 0.455. The zero-order chi connectivity index (χ0) is 12.3. The van der Waals surface area contributed by atoms with E-state index in [-0.39, 0.29) is 17.4 Å². The minimum Gasteiger partial charge on any atom is -0.354 e. The molecule has 0 unspecified atom stereocenters. The van der Waals surface area contributed by atoms with E-state index in [0.717, 1.165) is 13.0 Å². The van der Waals surface area contributed by atoms with Crippen LogP contribution in [0.3, 0.4) is 0 Å². The number of Topliss-reactive ketones (excluding diaryl/α,β-unsaturated/α-hetero) is 1. The highest BCUT2D eigenvalue weighted by Gasteiger charge is 2.18. The summed E-state index contributed by atoms with van der Waals surface area (Å²) in [5.41, 5.74) is 0.277. The summed E-state index contributed by atoms with van der Waals surface area (Å²) in [6.07, 6.45) is 1.48. The first-order valence-electron chi connectivity index (χ1n) is 5.53. The Labute approximate surface area is 99.0 Å². The smallest absolute Gasteiger partial charge is 0.271 e. The summed E-state index contributed by atoms with van der Waals surface area (Å²) in [6.45, 7) is 1.19. The molecule has 0 aromatic carbocycles. The Bertz CT molecular complexity index is 430. The summed E-state index contributed by atoms with van der Waals surface area (Å²) in [7, 11) is 1.54. The molecule has 6 nitrogen and oxygen atoms in total. The summed E-state index contributed by atoms with van der Waals surface area (Å²) in [5.74, 6) is 0.595. The van der Waals surface area contributed by atoms with E-state index >= 15 is 0 Å². The van der Waals surface area contributed by atoms with Gasteiger partial charge in [0.15, 0.2) is 17.3 Å². The maximum Gasteiger partial charge on any atom is 0.271 e. The molecule has 1 N–H and O–H groups in total. The molecule has 1 aliphatic rings. The number of nitrogens with one attached hydrogen (secondary N) is 1. The van der Waals surface area contributed by atoms with Crippen LogP contribution in [0.15, 0.2) is 12.1 Å². The van der Waals surface area contributed by atoms with Crippen molar-refractivity contribution in [2.45, 2.75) is 12.8 Å². The van der Waals surface area contributed by atoms with Gasteiger partial charge in [0.25, 0.3) is 5.91 Å². The fourth-order valence-corrected chi connectivity index (χ4v) is 1.78. The van der Waals surface area contributed by atoms with Crippen molar-refractivity contribution in [2.24, 2.45) is 0 Å². The molecule has 0 bridgehead atoms. The molecule has 0 radical (unpaired) electrons. The van der Waals surface area contributed by atoms with Crippen LogP contribution in [0.5, 0.6) is 0 Å². The number of anilines is 1. The van der Waals surface area contributed by atoms with Crippen LogP contribution in [0.4, 0.5) is 5.82 Å². The third-order valence-electron chi connectivity index (χ3n) is 2.69. The Balaban J connectivity index is 2.12. The number of hydrogen-bond acceptors (Lipinski definition) is 5. The highest BCUT2D eigenvalue weighted by atomic mass is 16.1. The first-order chi connectivity index (χ1) is 8.20. The summed E-state index contributed by atoms with van der Waals surface area (Å²) in [6, 6.07) is 3.33. The van der Waals surface area contributed by atoms with E-state index in [1.807, 2.05) is 4.90 Å². The van der Waals surface area contributed by atoms with Gasteiger partial charge in [-0.05, 0) is 18.6 Å². The van der Waals surface area contributed by atoms with Crippen molar-refractivity contribution in [1.29, 1.82) is 0 Å². The van der Waals surface area contributed by atoms with Crippen molar-refractivity contribution in [3.63, 3.8) is 0 Å². The van der Waals surface area contributed by atoms with Gasteiger partial charge in [0.2, 0.25) is 0 Å². The van der Waals surface area contributed by atoms with Gasteiger partial charge in [0.1, 0.15) is 0 Å². The molecule has 17 heavy (non-hydrogen) atoms. The van der Waals surface area contributed by atoms with Crippen LogP contribution in [-0.4, -0.2) is 42.0 Å². The average molecular weight is 234 g/mol. The number of hydrogen-bond donors (Lipinski definition) is 1.